The van der Waals surface area contributed by atoms with Gasteiger partial charge in [-0.2, -0.15) is 0 Å². The van der Waals surface area contributed by atoms with Crippen molar-refractivity contribution in [3.8, 4) is 0 Å². The van der Waals surface area contributed by atoms with E-state index >= 15 is 0 Å². The molecule has 0 aromatic carbocycles. The van der Waals surface area contributed by atoms with E-state index in [1.807, 2.05) is 25.7 Å². The van der Waals surface area contributed by atoms with Gasteiger partial charge in [-0.3, -0.25) is 9.69 Å². The Morgan fingerprint density at radius 2 is 2.04 bits per heavy atom. The highest BCUT2D eigenvalue weighted by atomic mass is 16.5. The van der Waals surface area contributed by atoms with Crippen LogP contribution in [0.5, 0.6) is 0 Å². The van der Waals surface area contributed by atoms with Crippen LogP contribution in [0.3, 0.4) is 0 Å². The van der Waals surface area contributed by atoms with Gasteiger partial charge in [0.1, 0.15) is 5.76 Å². The quantitative estimate of drug-likeness (QED) is 0.780. The summed E-state index contributed by atoms with van der Waals surface area (Å²) in [7, 11) is 0. The van der Waals surface area contributed by atoms with Gasteiger partial charge in [0.05, 0.1) is 24.8 Å². The first-order chi connectivity index (χ1) is 11.0. The molecule has 2 rings (SSSR count). The highest BCUT2D eigenvalue weighted by molar-refractivity contribution is 5.79. The number of piperazine rings is 1. The lowest BCUT2D eigenvalue weighted by Gasteiger charge is -2.35. The van der Waals surface area contributed by atoms with Crippen LogP contribution >= 0.6 is 0 Å². The second-order valence-corrected chi connectivity index (χ2v) is 5.97. The van der Waals surface area contributed by atoms with Crippen molar-refractivity contribution in [2.45, 2.75) is 33.3 Å². The predicted octanol–water partition coefficient (Wildman–Crippen LogP) is 0.376. The molecule has 1 aromatic heterocycles. The van der Waals surface area contributed by atoms with Gasteiger partial charge in [0, 0.05) is 44.9 Å². The number of aryl methyl sites for hydroxylation is 2. The Kier molecular flexibility index (Phi) is 6.56. The molecule has 7 nitrogen and oxygen atoms in total. The van der Waals surface area contributed by atoms with Crippen LogP contribution in [0.15, 0.2) is 4.52 Å². The summed E-state index contributed by atoms with van der Waals surface area (Å²) in [6, 6.07) is 0. The fraction of sp³-hybridized carbons (Fsp3) is 0.750. The first-order valence-electron chi connectivity index (χ1n) is 8.19. The summed E-state index contributed by atoms with van der Waals surface area (Å²) in [6.07, 6.45) is -0.131. The van der Waals surface area contributed by atoms with Crippen molar-refractivity contribution in [1.82, 2.24) is 15.0 Å². The molecular formula is C16H27N3O4. The number of nitrogens with zero attached hydrogens (tertiary/aromatic N) is 3. The first-order valence-corrected chi connectivity index (χ1v) is 8.19. The average molecular weight is 325 g/mol. The Morgan fingerprint density at radius 1 is 1.35 bits per heavy atom. The topological polar surface area (TPSA) is 79.0 Å². The molecule has 1 aromatic rings. The van der Waals surface area contributed by atoms with E-state index in [0.717, 1.165) is 24.3 Å². The largest absolute Gasteiger partial charge is 0.389 e. The molecule has 0 radical (unpaired) electrons. The lowest BCUT2D eigenvalue weighted by atomic mass is 10.1. The van der Waals surface area contributed by atoms with Gasteiger partial charge in [0.15, 0.2) is 0 Å². The Labute approximate surface area is 137 Å². The summed E-state index contributed by atoms with van der Waals surface area (Å²) in [6.45, 7) is 10.1. The number of β-amino-alcohol motifs (C(OH)–C–C–N with tert-alkyl or cyclic N) is 1. The first kappa shape index (κ1) is 17.9. The molecule has 0 spiro atoms. The maximum absolute atomic E-state index is 12.4. The molecule has 0 saturated carbocycles. The Bertz CT molecular complexity index is 490. The molecule has 1 atom stereocenters. The van der Waals surface area contributed by atoms with Crippen molar-refractivity contribution in [3.63, 3.8) is 0 Å². The molecule has 1 saturated heterocycles. The zero-order chi connectivity index (χ0) is 16.8. The van der Waals surface area contributed by atoms with Crippen LogP contribution in [0.1, 0.15) is 23.9 Å². The van der Waals surface area contributed by atoms with Crippen molar-refractivity contribution >= 4 is 5.91 Å². The molecule has 0 aliphatic carbocycles. The van der Waals surface area contributed by atoms with Crippen molar-refractivity contribution in [1.29, 1.82) is 0 Å². The molecule has 2 heterocycles. The Morgan fingerprint density at radius 3 is 2.61 bits per heavy atom. The van der Waals surface area contributed by atoms with Crippen LogP contribution in [0.2, 0.25) is 0 Å². The normalized spacial score (nSPS) is 17.5. The lowest BCUT2D eigenvalue weighted by Crippen LogP contribution is -2.51. The highest BCUT2D eigenvalue weighted by Crippen LogP contribution is 2.15. The second kappa shape index (κ2) is 8.42. The molecule has 1 fully saturated rings. The minimum absolute atomic E-state index is 0.105. The summed E-state index contributed by atoms with van der Waals surface area (Å²) in [5.41, 5.74) is 1.68. The number of ether oxygens (including phenoxy) is 1. The molecule has 130 valence electrons. The number of rotatable bonds is 7. The van der Waals surface area contributed by atoms with E-state index in [1.165, 1.54) is 0 Å². The van der Waals surface area contributed by atoms with Gasteiger partial charge < -0.3 is 19.3 Å². The van der Waals surface area contributed by atoms with E-state index in [4.69, 9.17) is 9.26 Å². The van der Waals surface area contributed by atoms with Gasteiger partial charge in [0.2, 0.25) is 5.91 Å². The van der Waals surface area contributed by atoms with Gasteiger partial charge in [-0.1, -0.05) is 5.16 Å². The van der Waals surface area contributed by atoms with Gasteiger partial charge in [-0.25, -0.2) is 0 Å². The van der Waals surface area contributed by atoms with Crippen molar-refractivity contribution in [2.24, 2.45) is 0 Å². The molecule has 7 heteroatoms. The molecule has 1 amide bonds. The molecule has 0 bridgehead atoms. The summed E-state index contributed by atoms with van der Waals surface area (Å²) in [5, 5.41) is 13.8. The number of aliphatic hydroxyl groups excluding tert-OH is 1. The summed E-state index contributed by atoms with van der Waals surface area (Å²) in [4.78, 5) is 16.5. The van der Waals surface area contributed by atoms with Crippen LogP contribution in [0.4, 0.5) is 0 Å². The third-order valence-corrected chi connectivity index (χ3v) is 4.22. The predicted molar refractivity (Wildman–Crippen MR) is 85.2 cm³/mol. The summed E-state index contributed by atoms with van der Waals surface area (Å²) < 4.78 is 10.3. The maximum atomic E-state index is 12.4. The lowest BCUT2D eigenvalue weighted by molar-refractivity contribution is -0.132. The molecule has 1 N–H and O–H groups in total. The van der Waals surface area contributed by atoms with E-state index in [-0.39, 0.29) is 5.91 Å². The Hall–Kier alpha value is -1.44. The number of amides is 1. The van der Waals surface area contributed by atoms with Gasteiger partial charge in [-0.05, 0) is 20.8 Å². The minimum Gasteiger partial charge on any atom is -0.389 e. The van der Waals surface area contributed by atoms with Crippen molar-refractivity contribution < 1.29 is 19.2 Å². The zero-order valence-electron chi connectivity index (χ0n) is 14.2. The monoisotopic (exact) mass is 325 g/mol. The molecular weight excluding hydrogens is 298 g/mol. The van der Waals surface area contributed by atoms with E-state index in [0.29, 0.717) is 45.0 Å². The van der Waals surface area contributed by atoms with Gasteiger partial charge in [0.25, 0.3) is 0 Å². The molecule has 1 aliphatic rings. The SMILES string of the molecule is CCOC[C@H](O)CN1CCN(C(=O)Cc2c(C)noc2C)CC1. The highest BCUT2D eigenvalue weighted by Gasteiger charge is 2.24. The molecule has 1 aliphatic heterocycles. The van der Waals surface area contributed by atoms with Crippen LogP contribution in [0.25, 0.3) is 0 Å². The number of carbonyl (C=O) groups is 1. The maximum Gasteiger partial charge on any atom is 0.227 e. The standard InChI is InChI=1S/C16H27N3O4/c1-4-22-11-14(20)10-18-5-7-19(8-6-18)16(21)9-15-12(2)17-23-13(15)3/h14,20H,4-11H2,1-3H3/t14-/m1/s1. The number of hydrogen-bond donors (Lipinski definition) is 1. The molecule has 23 heavy (non-hydrogen) atoms. The molecule has 0 unspecified atom stereocenters. The fourth-order valence-electron chi connectivity index (χ4n) is 2.80. The average Bonchev–Trinajstić information content (AvgIpc) is 2.85. The smallest absolute Gasteiger partial charge is 0.227 e. The van der Waals surface area contributed by atoms with Gasteiger partial charge in [-0.15, -0.1) is 0 Å². The Balaban J connectivity index is 1.76. The summed E-state index contributed by atoms with van der Waals surface area (Å²) >= 11 is 0. The van der Waals surface area contributed by atoms with Crippen molar-refractivity contribution in [3.05, 3.63) is 17.0 Å². The number of carbonyl (C=O) groups excluding carboxylic acids is 1. The zero-order valence-corrected chi connectivity index (χ0v) is 14.2. The third kappa shape index (κ3) is 5.02. The van der Waals surface area contributed by atoms with Crippen LogP contribution in [-0.2, 0) is 16.0 Å². The second-order valence-electron chi connectivity index (χ2n) is 5.97. The van der Waals surface area contributed by atoms with Crippen LogP contribution in [-0.4, -0.2) is 78.0 Å². The number of aliphatic hydroxyl groups is 1. The van der Waals surface area contributed by atoms with Crippen LogP contribution < -0.4 is 0 Å². The van der Waals surface area contributed by atoms with Crippen LogP contribution in [0, 0.1) is 13.8 Å². The van der Waals surface area contributed by atoms with E-state index in [1.54, 1.807) is 0 Å². The number of hydrogen-bond acceptors (Lipinski definition) is 6. The van der Waals surface area contributed by atoms with Crippen molar-refractivity contribution in [2.75, 3.05) is 45.9 Å². The third-order valence-electron chi connectivity index (χ3n) is 4.22. The number of aromatic nitrogens is 1. The summed E-state index contributed by atoms with van der Waals surface area (Å²) in [5.74, 6) is 0.822. The van der Waals surface area contributed by atoms with E-state index < -0.39 is 6.10 Å². The van der Waals surface area contributed by atoms with Gasteiger partial charge >= 0.3 is 0 Å². The van der Waals surface area contributed by atoms with E-state index in [2.05, 4.69) is 10.1 Å². The fourth-order valence-corrected chi connectivity index (χ4v) is 2.80. The van der Waals surface area contributed by atoms with E-state index in [9.17, 15) is 9.90 Å². The minimum atomic E-state index is -0.473.